The molecule has 0 aromatic heterocycles. The van der Waals surface area contributed by atoms with Crippen molar-refractivity contribution in [3.8, 4) is 0 Å². The Balaban J connectivity index is 1.34. The molecule has 1 heterocycles. The van der Waals surface area contributed by atoms with Crippen molar-refractivity contribution in [2.45, 2.75) is 84.0 Å². The first-order chi connectivity index (χ1) is 12.1. The van der Waals surface area contributed by atoms with Gasteiger partial charge in [0.1, 0.15) is 0 Å². The van der Waals surface area contributed by atoms with Crippen LogP contribution in [0.5, 0.6) is 0 Å². The quantitative estimate of drug-likeness (QED) is 0.334. The fourth-order valence-electron chi connectivity index (χ4n) is 5.41. The van der Waals surface area contributed by atoms with Gasteiger partial charge in [-0.2, -0.15) is 0 Å². The average molecular weight is 395 g/mol. The molecule has 2 saturated carbocycles. The zero-order valence-electron chi connectivity index (χ0n) is 15.8. The summed E-state index contributed by atoms with van der Waals surface area (Å²) in [5.41, 5.74) is 0. The highest BCUT2D eigenvalue weighted by molar-refractivity contribution is 8.88. The first-order valence-electron chi connectivity index (χ1n) is 10.6. The molecule has 0 amide bonds. The number of unbranched alkanes of at least 4 members (excludes halogenated alkanes) is 2. The molecule has 2 aliphatic carbocycles. The van der Waals surface area contributed by atoms with Crippen molar-refractivity contribution in [2.24, 2.45) is 29.6 Å². The van der Waals surface area contributed by atoms with Crippen LogP contribution in [-0.4, -0.2) is 12.4 Å². The molecule has 25 heavy (non-hydrogen) atoms. The average Bonchev–Trinajstić information content (AvgIpc) is 2.63. The number of hydrogen-bond acceptors (Lipinski definition) is 2. The Bertz CT molecular complexity index is 381. The molecule has 148 valence electrons. The van der Waals surface area contributed by atoms with Gasteiger partial charge in [-0.05, 0) is 78.9 Å². The Kier molecular flexibility index (Phi) is 7.81. The lowest BCUT2D eigenvalue weighted by molar-refractivity contribution is 0.111. The molecule has 3 rings (SSSR count). The van der Waals surface area contributed by atoms with E-state index >= 15 is 0 Å². The van der Waals surface area contributed by atoms with Crippen LogP contribution >= 0.6 is 20.9 Å². The van der Waals surface area contributed by atoms with E-state index in [-0.39, 0.29) is 0 Å². The predicted molar refractivity (Wildman–Crippen MR) is 107 cm³/mol. The topological polar surface area (TPSA) is 9.23 Å². The second-order valence-electron chi connectivity index (χ2n) is 8.66. The maximum atomic E-state index is 13.2. The normalized spacial score (nSPS) is 40.5. The second-order valence-corrected chi connectivity index (χ2v) is 12.1. The molecular formula is C20H36F2OS2. The highest BCUT2D eigenvalue weighted by Gasteiger charge is 2.38. The molecule has 0 radical (unpaired) electrons. The Morgan fingerprint density at radius 3 is 1.92 bits per heavy atom. The van der Waals surface area contributed by atoms with Crippen molar-refractivity contribution in [1.29, 1.82) is 0 Å². The Hall–Kier alpha value is 0.520. The predicted octanol–water partition coefficient (Wildman–Crippen LogP) is 7.96. The zero-order chi connectivity index (χ0) is 17.7. The van der Waals surface area contributed by atoms with Gasteiger partial charge in [0.15, 0.2) is 0 Å². The summed E-state index contributed by atoms with van der Waals surface area (Å²) in [6.45, 7) is 2.59. The molecule has 0 spiro atoms. The minimum absolute atomic E-state index is 0.299. The van der Waals surface area contributed by atoms with Crippen LogP contribution in [0.1, 0.15) is 84.0 Å². The minimum atomic E-state index is -3.78. The third-order valence-corrected chi connectivity index (χ3v) is 9.87. The van der Waals surface area contributed by atoms with Crippen molar-refractivity contribution in [3.63, 3.8) is 0 Å². The molecule has 1 aliphatic heterocycles. The van der Waals surface area contributed by atoms with Gasteiger partial charge < -0.3 is 0 Å². The first kappa shape index (κ1) is 20.3. The van der Waals surface area contributed by atoms with Gasteiger partial charge in [-0.15, -0.1) is 7.77 Å². The van der Waals surface area contributed by atoms with Crippen molar-refractivity contribution in [1.82, 2.24) is 0 Å². The molecule has 5 heteroatoms. The zero-order valence-corrected chi connectivity index (χ0v) is 17.4. The lowest BCUT2D eigenvalue weighted by Crippen LogP contribution is -2.31. The van der Waals surface area contributed by atoms with Gasteiger partial charge >= 0.3 is 0 Å². The summed E-state index contributed by atoms with van der Waals surface area (Å²) in [6, 6.07) is 0. The van der Waals surface area contributed by atoms with Gasteiger partial charge in [0.25, 0.3) is 0 Å². The number of hydrogen-bond donors (Lipinski definition) is 0. The smallest absolute Gasteiger partial charge is 0.225 e. The van der Waals surface area contributed by atoms with E-state index in [4.69, 9.17) is 4.18 Å². The monoisotopic (exact) mass is 394 g/mol. The summed E-state index contributed by atoms with van der Waals surface area (Å²) in [5.74, 6) is 4.48. The van der Waals surface area contributed by atoms with E-state index in [9.17, 15) is 7.77 Å². The Labute approximate surface area is 158 Å². The standard InChI is InChI=1S/C20H36F2OS2/c1-2-3-4-5-16-6-8-17(9-7-16)18-10-12-19(13-11-18)20-14-23-25(21,22)24-15-20/h16-20H,2-15H2,1H3. The van der Waals surface area contributed by atoms with Gasteiger partial charge in [-0.1, -0.05) is 45.4 Å². The van der Waals surface area contributed by atoms with Crippen LogP contribution in [0.4, 0.5) is 7.77 Å². The van der Waals surface area contributed by atoms with Crippen LogP contribution in [0, 0.1) is 29.6 Å². The van der Waals surface area contributed by atoms with E-state index < -0.39 is 10.1 Å². The van der Waals surface area contributed by atoms with Crippen LogP contribution in [0.2, 0.25) is 0 Å². The maximum absolute atomic E-state index is 13.2. The largest absolute Gasteiger partial charge is 0.277 e. The van der Waals surface area contributed by atoms with Crippen molar-refractivity contribution in [3.05, 3.63) is 0 Å². The van der Waals surface area contributed by atoms with Crippen LogP contribution in [0.15, 0.2) is 0 Å². The van der Waals surface area contributed by atoms with E-state index in [1.807, 2.05) is 0 Å². The van der Waals surface area contributed by atoms with E-state index in [1.54, 1.807) is 0 Å². The fourth-order valence-corrected chi connectivity index (χ4v) is 7.88. The molecule has 0 aromatic carbocycles. The third-order valence-electron chi connectivity index (χ3n) is 7.10. The Morgan fingerprint density at radius 1 is 0.840 bits per heavy atom. The molecule has 3 fully saturated rings. The molecule has 1 saturated heterocycles. The van der Waals surface area contributed by atoms with Gasteiger partial charge in [0.2, 0.25) is 10.1 Å². The van der Waals surface area contributed by atoms with Gasteiger partial charge in [0.05, 0.1) is 6.61 Å². The Morgan fingerprint density at radius 2 is 1.40 bits per heavy atom. The van der Waals surface area contributed by atoms with E-state index in [1.165, 1.54) is 77.0 Å². The lowest BCUT2D eigenvalue weighted by Gasteiger charge is -2.41. The van der Waals surface area contributed by atoms with Crippen LogP contribution in [0.3, 0.4) is 0 Å². The SMILES string of the molecule is CCCCCC1CCC(C2CCC(C3COS(F)(F)SC3)CC2)CC1. The fraction of sp³-hybridized carbons (Fsp3) is 1.00. The van der Waals surface area contributed by atoms with E-state index in [0.717, 1.165) is 28.5 Å². The molecule has 0 aromatic rings. The third kappa shape index (κ3) is 6.00. The molecule has 3 aliphatic rings. The van der Waals surface area contributed by atoms with Gasteiger partial charge in [-0.3, -0.25) is 4.18 Å². The van der Waals surface area contributed by atoms with Crippen LogP contribution < -0.4 is 0 Å². The molecule has 1 unspecified atom stereocenters. The van der Waals surface area contributed by atoms with Gasteiger partial charge in [-0.25, -0.2) is 0 Å². The molecule has 0 N–H and O–H groups in total. The summed E-state index contributed by atoms with van der Waals surface area (Å²) in [4.78, 5) is 0. The first-order valence-corrected chi connectivity index (χ1v) is 13.4. The van der Waals surface area contributed by atoms with Crippen molar-refractivity contribution >= 4 is 20.9 Å². The van der Waals surface area contributed by atoms with Crippen molar-refractivity contribution < 1.29 is 12.0 Å². The summed E-state index contributed by atoms with van der Waals surface area (Å²) < 4.78 is 31.2. The maximum Gasteiger partial charge on any atom is 0.225 e. The van der Waals surface area contributed by atoms with E-state index in [2.05, 4.69) is 6.92 Å². The minimum Gasteiger partial charge on any atom is -0.277 e. The van der Waals surface area contributed by atoms with Crippen LogP contribution in [0.25, 0.3) is 0 Å². The molecule has 0 bridgehead atoms. The summed E-state index contributed by atoms with van der Waals surface area (Å²) in [5, 5.41) is 0. The molecular weight excluding hydrogens is 358 g/mol. The highest BCUT2D eigenvalue weighted by Crippen LogP contribution is 2.67. The van der Waals surface area contributed by atoms with Gasteiger partial charge in [0, 0.05) is 5.75 Å². The number of halogens is 2. The van der Waals surface area contributed by atoms with E-state index in [0.29, 0.717) is 24.2 Å². The lowest BCUT2D eigenvalue weighted by atomic mass is 9.67. The summed E-state index contributed by atoms with van der Waals surface area (Å²) in [7, 11) is -2.99. The van der Waals surface area contributed by atoms with Crippen molar-refractivity contribution in [2.75, 3.05) is 12.4 Å². The molecule has 1 atom stereocenters. The second kappa shape index (κ2) is 9.64. The molecule has 1 nitrogen and oxygen atoms in total. The van der Waals surface area contributed by atoms with Crippen LogP contribution in [-0.2, 0) is 4.18 Å². The highest BCUT2D eigenvalue weighted by atomic mass is 33.2. The summed E-state index contributed by atoms with van der Waals surface area (Å²) in [6.07, 6.45) is 16.6. The summed E-state index contributed by atoms with van der Waals surface area (Å²) >= 11 is 0. The number of rotatable bonds is 6.